The molecule has 1 amide bonds. The summed E-state index contributed by atoms with van der Waals surface area (Å²) in [4.78, 5) is 18.5. The number of benzene rings is 1. The van der Waals surface area contributed by atoms with Crippen molar-refractivity contribution in [3.05, 3.63) is 59.7 Å². The Hall–Kier alpha value is -2.47. The summed E-state index contributed by atoms with van der Waals surface area (Å²) >= 11 is 0. The second kappa shape index (κ2) is 6.93. The molecule has 27 heavy (non-hydrogen) atoms. The number of piperidine rings is 1. The van der Waals surface area contributed by atoms with Crippen LogP contribution >= 0.6 is 0 Å². The highest BCUT2D eigenvalue weighted by Gasteiger charge is 2.50. The molecule has 0 radical (unpaired) electrons. The lowest BCUT2D eigenvalue weighted by molar-refractivity contribution is -0.141. The summed E-state index contributed by atoms with van der Waals surface area (Å²) in [6, 6.07) is 10.6. The van der Waals surface area contributed by atoms with E-state index in [1.54, 1.807) is 19.2 Å². The topological polar surface area (TPSA) is 62.7 Å². The second-order valence-electron chi connectivity index (χ2n) is 7.49. The summed E-state index contributed by atoms with van der Waals surface area (Å²) in [7, 11) is 1.61. The number of carbonyl (C=O) groups is 1. The average Bonchev–Trinajstić information content (AvgIpc) is 2.95. The predicted octanol–water partition coefficient (Wildman–Crippen LogP) is 2.81. The zero-order valence-electron chi connectivity index (χ0n) is 15.3. The van der Waals surface area contributed by atoms with E-state index in [9.17, 15) is 14.3 Å². The fraction of sp³-hybridized carbons (Fsp3) is 0.429. The maximum atomic E-state index is 14.1. The summed E-state index contributed by atoms with van der Waals surface area (Å²) in [5.41, 5.74) is -0.0929. The van der Waals surface area contributed by atoms with Crippen LogP contribution in [0.1, 0.15) is 36.8 Å². The number of hydrogen-bond acceptors (Lipinski definition) is 4. The normalized spacial score (nSPS) is 26.9. The van der Waals surface area contributed by atoms with Crippen molar-refractivity contribution in [1.82, 2.24) is 9.88 Å². The van der Waals surface area contributed by atoms with Crippen LogP contribution in [0, 0.1) is 5.95 Å². The molecule has 6 heteroatoms. The molecule has 2 saturated heterocycles. The van der Waals surface area contributed by atoms with Crippen LogP contribution in [-0.2, 0) is 16.8 Å². The standard InChI is InChI=1S/C21H23FN2O3/c1-27-17-8-4-14(5-9-17)11-19(25)24-15-6-7-16(24)13-21(26,12-15)18-3-2-10-23-20(18)22/h2-5,8-10,15-16,26H,6-7,11-13H2,1H3/t15-,16+,21?. The fourth-order valence-electron chi connectivity index (χ4n) is 4.59. The Kier molecular flexibility index (Phi) is 4.60. The van der Waals surface area contributed by atoms with E-state index in [1.807, 2.05) is 29.2 Å². The van der Waals surface area contributed by atoms with Crippen molar-refractivity contribution >= 4 is 5.91 Å². The van der Waals surface area contributed by atoms with Gasteiger partial charge in [-0.1, -0.05) is 18.2 Å². The van der Waals surface area contributed by atoms with Gasteiger partial charge in [-0.25, -0.2) is 4.98 Å². The summed E-state index contributed by atoms with van der Waals surface area (Å²) in [6.45, 7) is 0. The van der Waals surface area contributed by atoms with E-state index in [-0.39, 0.29) is 23.6 Å². The lowest BCUT2D eigenvalue weighted by Gasteiger charge is -2.44. The van der Waals surface area contributed by atoms with Crippen molar-refractivity contribution in [2.75, 3.05) is 7.11 Å². The maximum absolute atomic E-state index is 14.1. The predicted molar refractivity (Wildman–Crippen MR) is 97.7 cm³/mol. The van der Waals surface area contributed by atoms with Crippen LogP contribution in [0.3, 0.4) is 0 Å². The number of rotatable bonds is 4. The fourth-order valence-corrected chi connectivity index (χ4v) is 4.59. The Morgan fingerprint density at radius 1 is 1.26 bits per heavy atom. The van der Waals surface area contributed by atoms with Crippen molar-refractivity contribution in [3.63, 3.8) is 0 Å². The molecular weight excluding hydrogens is 347 g/mol. The van der Waals surface area contributed by atoms with Crippen LogP contribution in [0.25, 0.3) is 0 Å². The monoisotopic (exact) mass is 370 g/mol. The third-order valence-corrected chi connectivity index (χ3v) is 5.83. The molecule has 2 aliphatic rings. The number of pyridine rings is 1. The number of amides is 1. The summed E-state index contributed by atoms with van der Waals surface area (Å²) in [5, 5.41) is 11.1. The first kappa shape index (κ1) is 17.9. The SMILES string of the molecule is COc1ccc(CC(=O)N2[C@@H]3CC[C@H]2CC(O)(c2cccnc2F)C3)cc1. The summed E-state index contributed by atoms with van der Waals surface area (Å²) in [5.74, 6) is 0.187. The van der Waals surface area contributed by atoms with Gasteiger partial charge in [0.2, 0.25) is 11.9 Å². The van der Waals surface area contributed by atoms with Gasteiger partial charge in [0.05, 0.1) is 19.1 Å². The molecule has 2 bridgehead atoms. The van der Waals surface area contributed by atoms with E-state index in [2.05, 4.69) is 4.98 Å². The highest BCUT2D eigenvalue weighted by atomic mass is 19.1. The van der Waals surface area contributed by atoms with Gasteiger partial charge in [-0.3, -0.25) is 4.79 Å². The Morgan fingerprint density at radius 3 is 2.52 bits per heavy atom. The first-order valence-electron chi connectivity index (χ1n) is 9.27. The average molecular weight is 370 g/mol. The van der Waals surface area contributed by atoms with Crippen molar-refractivity contribution in [2.45, 2.75) is 49.8 Å². The molecule has 0 saturated carbocycles. The lowest BCUT2D eigenvalue weighted by atomic mass is 9.81. The van der Waals surface area contributed by atoms with Crippen LogP contribution < -0.4 is 4.74 Å². The van der Waals surface area contributed by atoms with Gasteiger partial charge in [0.25, 0.3) is 0 Å². The molecule has 0 spiro atoms. The van der Waals surface area contributed by atoms with Crippen LogP contribution in [-0.4, -0.2) is 40.1 Å². The number of hydrogen-bond donors (Lipinski definition) is 1. The summed E-state index contributed by atoms with van der Waals surface area (Å²) in [6.07, 6.45) is 4.06. The van der Waals surface area contributed by atoms with Crippen molar-refractivity contribution in [3.8, 4) is 5.75 Å². The van der Waals surface area contributed by atoms with E-state index in [4.69, 9.17) is 4.74 Å². The highest BCUT2D eigenvalue weighted by Crippen LogP contribution is 2.46. The van der Waals surface area contributed by atoms with Gasteiger partial charge < -0.3 is 14.7 Å². The minimum Gasteiger partial charge on any atom is -0.497 e. The molecule has 3 heterocycles. The molecule has 5 nitrogen and oxygen atoms in total. The van der Waals surface area contributed by atoms with E-state index >= 15 is 0 Å². The lowest BCUT2D eigenvalue weighted by Crippen LogP contribution is -2.52. The number of carbonyl (C=O) groups excluding carboxylic acids is 1. The van der Waals surface area contributed by atoms with E-state index < -0.39 is 11.5 Å². The molecule has 1 aromatic carbocycles. The van der Waals surface area contributed by atoms with Gasteiger partial charge >= 0.3 is 0 Å². The van der Waals surface area contributed by atoms with Gasteiger partial charge in [-0.05, 0) is 36.6 Å². The van der Waals surface area contributed by atoms with Crippen LogP contribution in [0.2, 0.25) is 0 Å². The number of aliphatic hydroxyl groups is 1. The Morgan fingerprint density at radius 2 is 1.93 bits per heavy atom. The highest BCUT2D eigenvalue weighted by molar-refractivity contribution is 5.80. The van der Waals surface area contributed by atoms with Crippen LogP contribution in [0.15, 0.2) is 42.6 Å². The molecule has 142 valence electrons. The number of halogens is 1. The van der Waals surface area contributed by atoms with Gasteiger partial charge in [0.15, 0.2) is 0 Å². The zero-order valence-corrected chi connectivity index (χ0v) is 15.3. The smallest absolute Gasteiger partial charge is 0.227 e. The minimum atomic E-state index is -1.26. The van der Waals surface area contributed by atoms with Gasteiger partial charge in [-0.15, -0.1) is 0 Å². The molecule has 2 fully saturated rings. The van der Waals surface area contributed by atoms with E-state index in [1.165, 1.54) is 6.20 Å². The first-order chi connectivity index (χ1) is 13.0. The number of ether oxygens (including phenoxy) is 1. The Bertz CT molecular complexity index is 826. The van der Waals surface area contributed by atoms with Crippen molar-refractivity contribution in [2.24, 2.45) is 0 Å². The van der Waals surface area contributed by atoms with Crippen molar-refractivity contribution < 1.29 is 19.0 Å². The van der Waals surface area contributed by atoms with Crippen LogP contribution in [0.4, 0.5) is 4.39 Å². The molecule has 3 atom stereocenters. The van der Waals surface area contributed by atoms with Crippen molar-refractivity contribution in [1.29, 1.82) is 0 Å². The zero-order chi connectivity index (χ0) is 19.0. The van der Waals surface area contributed by atoms with Gasteiger partial charge in [0.1, 0.15) is 5.75 Å². The number of fused-ring (bicyclic) bond motifs is 2. The van der Waals surface area contributed by atoms with Gasteiger partial charge in [-0.2, -0.15) is 4.39 Å². The molecule has 2 aromatic rings. The van der Waals surface area contributed by atoms with E-state index in [0.717, 1.165) is 24.2 Å². The first-order valence-corrected chi connectivity index (χ1v) is 9.27. The molecule has 4 rings (SSSR count). The van der Waals surface area contributed by atoms with Gasteiger partial charge in [0, 0.05) is 36.7 Å². The number of nitrogens with zero attached hydrogens (tertiary/aromatic N) is 2. The third kappa shape index (κ3) is 3.30. The van der Waals surface area contributed by atoms with Crippen LogP contribution in [0.5, 0.6) is 5.75 Å². The molecule has 1 unspecified atom stereocenters. The Balaban J connectivity index is 1.50. The molecule has 1 aromatic heterocycles. The molecule has 1 N–H and O–H groups in total. The second-order valence-corrected chi connectivity index (χ2v) is 7.49. The van der Waals surface area contributed by atoms with E-state index in [0.29, 0.717) is 19.3 Å². The molecular formula is C21H23FN2O3. The maximum Gasteiger partial charge on any atom is 0.227 e. The Labute approximate surface area is 157 Å². The number of methoxy groups -OCH3 is 1. The third-order valence-electron chi connectivity index (χ3n) is 5.83. The molecule has 2 aliphatic heterocycles. The molecule has 0 aliphatic carbocycles. The minimum absolute atomic E-state index is 0.0568. The number of aromatic nitrogens is 1. The largest absolute Gasteiger partial charge is 0.497 e. The summed E-state index contributed by atoms with van der Waals surface area (Å²) < 4.78 is 19.3. The quantitative estimate of drug-likeness (QED) is 0.841.